The number of benzene rings is 1. The average molecular weight is 376 g/mol. The minimum absolute atomic E-state index is 0.0630. The van der Waals surface area contributed by atoms with Gasteiger partial charge in [-0.3, -0.25) is 9.37 Å². The van der Waals surface area contributed by atoms with Gasteiger partial charge in [0.2, 0.25) is 0 Å². The van der Waals surface area contributed by atoms with E-state index in [0.717, 1.165) is 17.8 Å². The van der Waals surface area contributed by atoms with Gasteiger partial charge in [-0.15, -0.1) is 4.31 Å². The van der Waals surface area contributed by atoms with Gasteiger partial charge in [0.25, 0.3) is 5.84 Å². The molecule has 2 saturated carbocycles. The summed E-state index contributed by atoms with van der Waals surface area (Å²) in [4.78, 5) is 12.8. The molecule has 0 radical (unpaired) electrons. The molecule has 26 heavy (non-hydrogen) atoms. The first-order valence-electron chi connectivity index (χ1n) is 9.36. The number of nitrogens with zero attached hydrogens (tertiary/aromatic N) is 2. The third-order valence-corrected chi connectivity index (χ3v) is 9.06. The number of hydrogen-bond donors (Lipinski definition) is 0. The number of rotatable bonds is 4. The monoisotopic (exact) mass is 375 g/mol. The number of likely N-dealkylation sites (N-methyl/N-ethyl adjacent to an activating group) is 1. The van der Waals surface area contributed by atoms with Gasteiger partial charge in [-0.25, -0.2) is 0 Å². The molecule has 5 nitrogen and oxygen atoms in total. The lowest BCUT2D eigenvalue weighted by molar-refractivity contribution is -0.486. The van der Waals surface area contributed by atoms with Gasteiger partial charge in [-0.2, -0.15) is 8.42 Å². The molecule has 2 bridgehead atoms. The van der Waals surface area contributed by atoms with Crippen molar-refractivity contribution in [2.24, 2.45) is 16.7 Å². The van der Waals surface area contributed by atoms with Gasteiger partial charge in [0.05, 0.1) is 18.0 Å². The van der Waals surface area contributed by atoms with E-state index in [1.165, 1.54) is 4.31 Å². The minimum Gasteiger partial charge on any atom is -0.299 e. The summed E-state index contributed by atoms with van der Waals surface area (Å²) in [6.07, 6.45) is 2.20. The molecule has 3 aliphatic rings. The first-order valence-corrected chi connectivity index (χ1v) is 11.0. The Morgan fingerprint density at radius 1 is 1.23 bits per heavy atom. The second-order valence-corrected chi connectivity index (χ2v) is 10.5. The molecule has 0 unspecified atom stereocenters. The second kappa shape index (κ2) is 5.65. The van der Waals surface area contributed by atoms with E-state index < -0.39 is 15.4 Å². The zero-order valence-corrected chi connectivity index (χ0v) is 16.6. The number of carbonyl (C=O) groups excluding carboxylic acids is 1. The summed E-state index contributed by atoms with van der Waals surface area (Å²) in [6, 6.07) is 9.64. The third-order valence-electron chi connectivity index (χ3n) is 7.17. The van der Waals surface area contributed by atoms with Crippen molar-refractivity contribution in [2.75, 3.05) is 25.9 Å². The van der Waals surface area contributed by atoms with Gasteiger partial charge in [0.1, 0.15) is 24.6 Å². The molecule has 1 heterocycles. The molecule has 2 atom stereocenters. The Balaban J connectivity index is 1.71. The van der Waals surface area contributed by atoms with Gasteiger partial charge >= 0.3 is 10.0 Å². The van der Waals surface area contributed by atoms with Crippen molar-refractivity contribution in [3.63, 3.8) is 0 Å². The molecule has 0 saturated heterocycles. The summed E-state index contributed by atoms with van der Waals surface area (Å²) in [5, 5.41) is 0. The Hall–Kier alpha value is -1.69. The molecule has 4 rings (SSSR count). The van der Waals surface area contributed by atoms with Crippen LogP contribution in [-0.2, 0) is 14.8 Å². The first kappa shape index (κ1) is 17.7. The second-order valence-electron chi connectivity index (χ2n) is 8.61. The van der Waals surface area contributed by atoms with Gasteiger partial charge in [0.15, 0.2) is 0 Å². The summed E-state index contributed by atoms with van der Waals surface area (Å²) in [5.41, 5.74) is -0.0651. The molecule has 1 aromatic rings. The molecule has 0 amide bonds. The van der Waals surface area contributed by atoms with Crippen LogP contribution in [0.15, 0.2) is 30.3 Å². The zero-order valence-electron chi connectivity index (χ0n) is 15.7. The van der Waals surface area contributed by atoms with Crippen LogP contribution in [0.1, 0.15) is 38.7 Å². The number of hydrogen-bond acceptors (Lipinski definition) is 3. The van der Waals surface area contributed by atoms with Crippen LogP contribution in [0.5, 0.6) is 0 Å². The normalized spacial score (nSPS) is 30.5. The molecule has 0 aromatic heterocycles. The van der Waals surface area contributed by atoms with Crippen molar-refractivity contribution in [1.82, 2.24) is 4.31 Å². The molecule has 140 valence electrons. The van der Waals surface area contributed by atoms with Crippen LogP contribution in [-0.4, -0.2) is 54.8 Å². The van der Waals surface area contributed by atoms with E-state index in [0.29, 0.717) is 31.8 Å². The minimum atomic E-state index is -3.59. The van der Waals surface area contributed by atoms with Gasteiger partial charge in [-0.1, -0.05) is 32.0 Å². The maximum Gasteiger partial charge on any atom is 0.302 e. The predicted octanol–water partition coefficient (Wildman–Crippen LogP) is 2.12. The quantitative estimate of drug-likeness (QED) is 0.758. The molecule has 1 aromatic carbocycles. The molecular weight excluding hydrogens is 348 g/mol. The number of ketones is 1. The van der Waals surface area contributed by atoms with Crippen molar-refractivity contribution >= 4 is 21.6 Å². The van der Waals surface area contributed by atoms with E-state index in [1.54, 1.807) is 0 Å². The lowest BCUT2D eigenvalue weighted by atomic mass is 9.70. The van der Waals surface area contributed by atoms with Crippen LogP contribution in [0.4, 0.5) is 0 Å². The molecule has 1 aliphatic heterocycles. The fourth-order valence-electron chi connectivity index (χ4n) is 5.36. The molecule has 0 N–H and O–H groups in total. The van der Waals surface area contributed by atoms with Crippen LogP contribution in [0.25, 0.3) is 0 Å². The SMILES string of the molecule is C[N+]1=C(c2ccccc2)N(S(=O)(=O)C[C@]23CC[C@H](CC2=O)C3(C)C)CC1. The molecule has 6 heteroatoms. The lowest BCUT2D eigenvalue weighted by Gasteiger charge is -2.36. The van der Waals surface area contributed by atoms with Crippen molar-refractivity contribution in [1.29, 1.82) is 0 Å². The van der Waals surface area contributed by atoms with E-state index in [9.17, 15) is 13.2 Å². The Labute approximate surface area is 155 Å². The number of carbonyl (C=O) groups is 1. The zero-order chi connectivity index (χ0) is 18.7. The summed E-state index contributed by atoms with van der Waals surface area (Å²) >= 11 is 0. The van der Waals surface area contributed by atoms with Crippen LogP contribution >= 0.6 is 0 Å². The first-order chi connectivity index (χ1) is 12.2. The summed E-state index contributed by atoms with van der Waals surface area (Å²) < 4.78 is 30.4. The van der Waals surface area contributed by atoms with E-state index in [-0.39, 0.29) is 17.0 Å². The largest absolute Gasteiger partial charge is 0.302 e. The fraction of sp³-hybridized carbons (Fsp3) is 0.600. The lowest BCUT2D eigenvalue weighted by Crippen LogP contribution is -2.47. The van der Waals surface area contributed by atoms with E-state index in [1.807, 2.05) is 42.0 Å². The highest BCUT2D eigenvalue weighted by atomic mass is 32.2. The smallest absolute Gasteiger partial charge is 0.299 e. The Morgan fingerprint density at radius 2 is 1.92 bits per heavy atom. The highest BCUT2D eigenvalue weighted by Crippen LogP contribution is 2.64. The fourth-order valence-corrected chi connectivity index (χ4v) is 7.69. The van der Waals surface area contributed by atoms with Gasteiger partial charge < -0.3 is 0 Å². The number of fused-ring (bicyclic) bond motifs is 2. The van der Waals surface area contributed by atoms with E-state index in [4.69, 9.17) is 0 Å². The Bertz CT molecular complexity index is 889. The summed E-state index contributed by atoms with van der Waals surface area (Å²) in [7, 11) is -1.66. The third kappa shape index (κ3) is 2.30. The molecule has 2 aliphatic carbocycles. The van der Waals surface area contributed by atoms with E-state index in [2.05, 4.69) is 13.8 Å². The Morgan fingerprint density at radius 3 is 2.50 bits per heavy atom. The summed E-state index contributed by atoms with van der Waals surface area (Å²) in [5.74, 6) is 1.13. The Kier molecular flexibility index (Phi) is 3.85. The van der Waals surface area contributed by atoms with Gasteiger partial charge in [-0.05, 0) is 36.3 Å². The standard InChI is InChI=1S/C20H27N2O3S/c1-19(2)16-9-10-20(19,17(23)13-16)14-26(24,25)22-12-11-21(3)18(22)15-7-5-4-6-8-15/h4-8,16H,9-14H2,1-3H3/q+1/t16-,20-/m1/s1. The van der Waals surface area contributed by atoms with Crippen molar-refractivity contribution in [2.45, 2.75) is 33.1 Å². The van der Waals surface area contributed by atoms with E-state index >= 15 is 0 Å². The van der Waals surface area contributed by atoms with Crippen LogP contribution in [0, 0.1) is 16.7 Å². The van der Waals surface area contributed by atoms with Crippen LogP contribution < -0.4 is 0 Å². The predicted molar refractivity (Wildman–Crippen MR) is 101 cm³/mol. The number of sulfonamides is 1. The number of amidine groups is 1. The maximum atomic E-state index is 13.5. The summed E-state index contributed by atoms with van der Waals surface area (Å²) in [6.45, 7) is 5.28. The van der Waals surface area contributed by atoms with Crippen molar-refractivity contribution < 1.29 is 17.8 Å². The van der Waals surface area contributed by atoms with Crippen LogP contribution in [0.3, 0.4) is 0 Å². The van der Waals surface area contributed by atoms with Crippen molar-refractivity contribution in [3.8, 4) is 0 Å². The molecule has 2 fully saturated rings. The highest BCUT2D eigenvalue weighted by Gasteiger charge is 2.66. The van der Waals surface area contributed by atoms with Crippen molar-refractivity contribution in [3.05, 3.63) is 35.9 Å². The van der Waals surface area contributed by atoms with Crippen LogP contribution in [0.2, 0.25) is 0 Å². The topological polar surface area (TPSA) is 57.5 Å². The average Bonchev–Trinajstić information content (AvgIpc) is 3.14. The molecular formula is C20H27N2O3S+. The maximum absolute atomic E-state index is 13.5. The highest BCUT2D eigenvalue weighted by molar-refractivity contribution is 7.89. The molecule has 0 spiro atoms. The van der Waals surface area contributed by atoms with Gasteiger partial charge in [0, 0.05) is 6.42 Å². The number of Topliss-reactive ketones (excluding diaryl/α,β-unsaturated/α-hetero) is 1.